The largest absolute Gasteiger partial charge is 0.494 e. The van der Waals surface area contributed by atoms with Gasteiger partial charge in [0.1, 0.15) is 11.6 Å². The first-order chi connectivity index (χ1) is 8.34. The minimum Gasteiger partial charge on any atom is -0.494 e. The minimum absolute atomic E-state index is 0.0569. The average molecular weight is 239 g/mol. The van der Waals surface area contributed by atoms with Crippen LogP contribution in [0.1, 0.15) is 38.5 Å². The van der Waals surface area contributed by atoms with Crippen LogP contribution < -0.4 is 0 Å². The van der Waals surface area contributed by atoms with Crippen molar-refractivity contribution in [1.29, 1.82) is 0 Å². The van der Waals surface area contributed by atoms with Crippen molar-refractivity contribution in [3.05, 3.63) is 23.7 Å². The van der Waals surface area contributed by atoms with Gasteiger partial charge in [-0.2, -0.15) is 0 Å². The summed E-state index contributed by atoms with van der Waals surface area (Å²) < 4.78 is 18.5. The standard InChI is InChI=1S/C14H22FNO/c15-13-6-4-7-14(12-13)17-11-5-10-16-8-2-1-3-9-16/h7,12H,1-6,8-11H2. The van der Waals surface area contributed by atoms with Gasteiger partial charge in [0.25, 0.3) is 0 Å². The van der Waals surface area contributed by atoms with E-state index in [2.05, 4.69) is 4.90 Å². The van der Waals surface area contributed by atoms with Crippen molar-refractivity contribution in [3.8, 4) is 0 Å². The second-order valence-electron chi connectivity index (χ2n) is 4.84. The van der Waals surface area contributed by atoms with E-state index in [4.69, 9.17) is 4.74 Å². The number of ether oxygens (including phenoxy) is 1. The SMILES string of the molecule is FC1=CC(OCCCN2CCCCC2)=CCC1. The summed E-state index contributed by atoms with van der Waals surface area (Å²) in [7, 11) is 0. The Balaban J connectivity index is 1.58. The lowest BCUT2D eigenvalue weighted by molar-refractivity contribution is 0.174. The molecule has 0 saturated carbocycles. The van der Waals surface area contributed by atoms with Gasteiger partial charge in [-0.25, -0.2) is 4.39 Å². The van der Waals surface area contributed by atoms with Gasteiger partial charge in [0.15, 0.2) is 0 Å². The minimum atomic E-state index is -0.0569. The summed E-state index contributed by atoms with van der Waals surface area (Å²) in [5.74, 6) is 0.658. The van der Waals surface area contributed by atoms with Gasteiger partial charge in [0, 0.05) is 19.0 Å². The molecule has 0 aromatic rings. The van der Waals surface area contributed by atoms with E-state index in [1.165, 1.54) is 38.4 Å². The molecule has 0 unspecified atom stereocenters. The Morgan fingerprint density at radius 1 is 1.24 bits per heavy atom. The van der Waals surface area contributed by atoms with Crippen LogP contribution in [-0.4, -0.2) is 31.1 Å². The van der Waals surface area contributed by atoms with Crippen molar-refractivity contribution in [1.82, 2.24) is 4.90 Å². The third kappa shape index (κ3) is 4.50. The maximum Gasteiger partial charge on any atom is 0.117 e. The molecule has 0 aromatic heterocycles. The molecule has 1 fully saturated rings. The van der Waals surface area contributed by atoms with Crippen LogP contribution in [0.15, 0.2) is 23.7 Å². The number of nitrogens with zero attached hydrogens (tertiary/aromatic N) is 1. The molecule has 96 valence electrons. The van der Waals surface area contributed by atoms with E-state index in [0.717, 1.165) is 19.4 Å². The van der Waals surface area contributed by atoms with Gasteiger partial charge in [-0.3, -0.25) is 0 Å². The molecule has 0 spiro atoms. The third-order valence-corrected chi connectivity index (χ3v) is 3.36. The monoisotopic (exact) mass is 239 g/mol. The van der Waals surface area contributed by atoms with Crippen LogP contribution in [0, 0.1) is 0 Å². The smallest absolute Gasteiger partial charge is 0.117 e. The van der Waals surface area contributed by atoms with Gasteiger partial charge in [-0.15, -0.1) is 0 Å². The number of hydrogen-bond acceptors (Lipinski definition) is 2. The molecule has 2 nitrogen and oxygen atoms in total. The molecule has 0 bridgehead atoms. The second-order valence-corrected chi connectivity index (χ2v) is 4.84. The van der Waals surface area contributed by atoms with Crippen LogP contribution in [-0.2, 0) is 4.74 Å². The topological polar surface area (TPSA) is 12.5 Å². The molecule has 0 atom stereocenters. The summed E-state index contributed by atoms with van der Waals surface area (Å²) in [5.41, 5.74) is 0. The molecule has 17 heavy (non-hydrogen) atoms. The Bertz CT molecular complexity index is 293. The lowest BCUT2D eigenvalue weighted by Crippen LogP contribution is -2.31. The van der Waals surface area contributed by atoms with E-state index in [-0.39, 0.29) is 5.83 Å². The number of piperidine rings is 1. The van der Waals surface area contributed by atoms with E-state index >= 15 is 0 Å². The zero-order valence-corrected chi connectivity index (χ0v) is 10.5. The highest BCUT2D eigenvalue weighted by molar-refractivity contribution is 5.19. The molecule has 2 aliphatic rings. The molecule has 0 amide bonds. The number of hydrogen-bond donors (Lipinski definition) is 0. The zero-order chi connectivity index (χ0) is 11.9. The van der Waals surface area contributed by atoms with Crippen LogP contribution in [0.3, 0.4) is 0 Å². The molecule has 1 saturated heterocycles. The maximum absolute atomic E-state index is 13.0. The fourth-order valence-corrected chi connectivity index (χ4v) is 2.40. The summed E-state index contributed by atoms with van der Waals surface area (Å²) in [6.07, 6.45) is 9.87. The Labute approximate surface area is 103 Å². The van der Waals surface area contributed by atoms with E-state index in [9.17, 15) is 4.39 Å². The van der Waals surface area contributed by atoms with Crippen molar-refractivity contribution >= 4 is 0 Å². The fourth-order valence-electron chi connectivity index (χ4n) is 2.40. The van der Waals surface area contributed by atoms with Crippen LogP contribution in [0.25, 0.3) is 0 Å². The van der Waals surface area contributed by atoms with Gasteiger partial charge in [-0.05, 0) is 44.8 Å². The molecular weight excluding hydrogens is 217 g/mol. The van der Waals surface area contributed by atoms with E-state index < -0.39 is 0 Å². The predicted molar refractivity (Wildman–Crippen MR) is 67.4 cm³/mol. The Hall–Kier alpha value is -0.830. The van der Waals surface area contributed by atoms with Crippen molar-refractivity contribution in [2.75, 3.05) is 26.2 Å². The van der Waals surface area contributed by atoms with E-state index in [1.807, 2.05) is 6.08 Å². The maximum atomic E-state index is 13.0. The molecule has 1 aliphatic carbocycles. The van der Waals surface area contributed by atoms with Crippen molar-refractivity contribution < 1.29 is 9.13 Å². The van der Waals surface area contributed by atoms with Crippen LogP contribution >= 0.6 is 0 Å². The zero-order valence-electron chi connectivity index (χ0n) is 10.5. The van der Waals surface area contributed by atoms with E-state index in [0.29, 0.717) is 18.8 Å². The fraction of sp³-hybridized carbons (Fsp3) is 0.714. The highest BCUT2D eigenvalue weighted by Gasteiger charge is 2.09. The second kappa shape index (κ2) is 6.80. The summed E-state index contributed by atoms with van der Waals surface area (Å²) in [5, 5.41) is 0. The summed E-state index contributed by atoms with van der Waals surface area (Å²) in [6, 6.07) is 0. The van der Waals surface area contributed by atoms with Crippen LogP contribution in [0.2, 0.25) is 0 Å². The lowest BCUT2D eigenvalue weighted by Gasteiger charge is -2.26. The van der Waals surface area contributed by atoms with E-state index in [1.54, 1.807) is 0 Å². The molecule has 1 aliphatic heterocycles. The molecule has 1 heterocycles. The Morgan fingerprint density at radius 2 is 2.06 bits per heavy atom. The van der Waals surface area contributed by atoms with Gasteiger partial charge >= 0.3 is 0 Å². The Morgan fingerprint density at radius 3 is 2.82 bits per heavy atom. The number of likely N-dealkylation sites (tertiary alicyclic amines) is 1. The molecule has 3 heteroatoms. The average Bonchev–Trinajstić information content (AvgIpc) is 2.36. The normalized spacial score (nSPS) is 21.9. The van der Waals surface area contributed by atoms with Crippen molar-refractivity contribution in [2.45, 2.75) is 38.5 Å². The highest BCUT2D eigenvalue weighted by atomic mass is 19.1. The first kappa shape index (κ1) is 12.6. The molecular formula is C14H22FNO. The highest BCUT2D eigenvalue weighted by Crippen LogP contribution is 2.18. The Kier molecular flexibility index (Phi) is 5.05. The quantitative estimate of drug-likeness (QED) is 0.682. The molecule has 0 aromatic carbocycles. The van der Waals surface area contributed by atoms with Crippen LogP contribution in [0.5, 0.6) is 0 Å². The lowest BCUT2D eigenvalue weighted by atomic mass is 10.1. The predicted octanol–water partition coefficient (Wildman–Crippen LogP) is 3.41. The van der Waals surface area contributed by atoms with Crippen molar-refractivity contribution in [3.63, 3.8) is 0 Å². The number of rotatable bonds is 5. The van der Waals surface area contributed by atoms with Gasteiger partial charge in [0.05, 0.1) is 6.61 Å². The third-order valence-electron chi connectivity index (χ3n) is 3.36. The number of halogens is 1. The molecule has 0 radical (unpaired) electrons. The summed E-state index contributed by atoms with van der Waals surface area (Å²) in [6.45, 7) is 4.28. The van der Waals surface area contributed by atoms with Gasteiger partial charge < -0.3 is 9.64 Å². The first-order valence-corrected chi connectivity index (χ1v) is 6.76. The summed E-state index contributed by atoms with van der Waals surface area (Å²) in [4.78, 5) is 2.50. The summed E-state index contributed by atoms with van der Waals surface area (Å²) >= 11 is 0. The van der Waals surface area contributed by atoms with Crippen molar-refractivity contribution in [2.24, 2.45) is 0 Å². The van der Waals surface area contributed by atoms with Crippen LogP contribution in [0.4, 0.5) is 4.39 Å². The molecule has 2 rings (SSSR count). The first-order valence-electron chi connectivity index (χ1n) is 6.76. The van der Waals surface area contributed by atoms with Gasteiger partial charge in [0.2, 0.25) is 0 Å². The van der Waals surface area contributed by atoms with Gasteiger partial charge in [-0.1, -0.05) is 6.42 Å². The number of allylic oxidation sites excluding steroid dienone is 3. The molecule has 0 N–H and O–H groups in total.